The second kappa shape index (κ2) is 7.97. The van der Waals surface area contributed by atoms with Crippen LogP contribution in [0, 0.1) is 12.7 Å². The summed E-state index contributed by atoms with van der Waals surface area (Å²) in [6.07, 6.45) is 0.0739. The Balaban J connectivity index is 2.06. The minimum Gasteiger partial charge on any atom is -0.493 e. The molecule has 0 amide bonds. The van der Waals surface area contributed by atoms with Crippen LogP contribution in [-0.4, -0.2) is 13.2 Å². The smallest absolute Gasteiger partial charge is 0.166 e. The third-order valence-corrected chi connectivity index (χ3v) is 3.50. The van der Waals surface area contributed by atoms with Crippen LogP contribution in [0.2, 0.25) is 0 Å². The Morgan fingerprint density at radius 2 is 1.91 bits per heavy atom. The van der Waals surface area contributed by atoms with Gasteiger partial charge in [-0.2, -0.15) is 0 Å². The first-order chi connectivity index (χ1) is 11.0. The lowest BCUT2D eigenvalue weighted by Crippen LogP contribution is -2.15. The van der Waals surface area contributed by atoms with E-state index in [9.17, 15) is 4.39 Å². The molecule has 0 aliphatic carbocycles. The molecule has 23 heavy (non-hydrogen) atoms. The maximum atomic E-state index is 13.3. The van der Waals surface area contributed by atoms with Gasteiger partial charge in [-0.25, -0.2) is 4.39 Å². The van der Waals surface area contributed by atoms with Gasteiger partial charge in [0, 0.05) is 18.7 Å². The van der Waals surface area contributed by atoms with Crippen molar-refractivity contribution in [1.29, 1.82) is 0 Å². The highest BCUT2D eigenvalue weighted by molar-refractivity contribution is 5.46. The van der Waals surface area contributed by atoms with Gasteiger partial charge in [-0.3, -0.25) is 0 Å². The Morgan fingerprint density at radius 3 is 2.57 bits per heavy atom. The predicted molar refractivity (Wildman–Crippen MR) is 90.4 cm³/mol. The standard InChI is InChI=1S/C19H24FNO2/c1-13(2)23-19-16(6-5-7-18(19)22-4)12-21-11-15-8-9-17(20)14(3)10-15/h5-10,13,21H,11-12H2,1-4H3. The third kappa shape index (κ3) is 4.70. The molecule has 3 nitrogen and oxygen atoms in total. The average molecular weight is 317 g/mol. The molecule has 2 rings (SSSR count). The molecule has 0 heterocycles. The van der Waals surface area contributed by atoms with Gasteiger partial charge in [0.05, 0.1) is 13.2 Å². The summed E-state index contributed by atoms with van der Waals surface area (Å²) >= 11 is 0. The van der Waals surface area contributed by atoms with Crippen molar-refractivity contribution < 1.29 is 13.9 Å². The molecule has 0 spiro atoms. The summed E-state index contributed by atoms with van der Waals surface area (Å²) in [5.74, 6) is 1.33. The predicted octanol–water partition coefficient (Wildman–Crippen LogP) is 4.22. The molecule has 0 aliphatic rings. The quantitative estimate of drug-likeness (QED) is 0.829. The molecule has 1 N–H and O–H groups in total. The lowest BCUT2D eigenvalue weighted by Gasteiger charge is -2.17. The molecular formula is C19H24FNO2. The van der Waals surface area contributed by atoms with Crippen molar-refractivity contribution in [1.82, 2.24) is 5.32 Å². The number of aryl methyl sites for hydroxylation is 1. The summed E-state index contributed by atoms with van der Waals surface area (Å²) in [5.41, 5.74) is 2.75. The van der Waals surface area contributed by atoms with E-state index >= 15 is 0 Å². The number of halogens is 1. The van der Waals surface area contributed by atoms with Gasteiger partial charge < -0.3 is 14.8 Å². The van der Waals surface area contributed by atoms with Crippen molar-refractivity contribution >= 4 is 0 Å². The normalized spacial score (nSPS) is 10.9. The molecule has 0 aliphatic heterocycles. The Bertz CT molecular complexity index is 656. The van der Waals surface area contributed by atoms with Crippen molar-refractivity contribution in [2.75, 3.05) is 7.11 Å². The van der Waals surface area contributed by atoms with E-state index < -0.39 is 0 Å². The summed E-state index contributed by atoms with van der Waals surface area (Å²) < 4.78 is 24.6. The Labute approximate surface area is 137 Å². The minimum atomic E-state index is -0.172. The molecule has 0 saturated carbocycles. The van der Waals surface area contributed by atoms with E-state index in [1.165, 1.54) is 6.07 Å². The highest BCUT2D eigenvalue weighted by atomic mass is 19.1. The number of benzene rings is 2. The summed E-state index contributed by atoms with van der Waals surface area (Å²) in [6.45, 7) is 7.07. The Hall–Kier alpha value is -2.07. The largest absolute Gasteiger partial charge is 0.493 e. The number of methoxy groups -OCH3 is 1. The van der Waals surface area contributed by atoms with Gasteiger partial charge in [0.15, 0.2) is 11.5 Å². The zero-order chi connectivity index (χ0) is 16.8. The van der Waals surface area contributed by atoms with Crippen LogP contribution in [-0.2, 0) is 13.1 Å². The van der Waals surface area contributed by atoms with Gasteiger partial charge in [-0.15, -0.1) is 0 Å². The van der Waals surface area contributed by atoms with E-state index in [0.717, 1.165) is 22.6 Å². The summed E-state index contributed by atoms with van der Waals surface area (Å²) in [5, 5.41) is 3.37. The monoisotopic (exact) mass is 317 g/mol. The fourth-order valence-corrected chi connectivity index (χ4v) is 2.39. The van der Waals surface area contributed by atoms with Crippen LogP contribution in [0.3, 0.4) is 0 Å². The zero-order valence-corrected chi connectivity index (χ0v) is 14.2. The average Bonchev–Trinajstić information content (AvgIpc) is 2.51. The maximum absolute atomic E-state index is 13.3. The molecule has 4 heteroatoms. The van der Waals surface area contributed by atoms with Gasteiger partial charge in [-0.05, 0) is 44.0 Å². The fourth-order valence-electron chi connectivity index (χ4n) is 2.39. The molecule has 2 aromatic rings. The first-order valence-corrected chi connectivity index (χ1v) is 7.79. The second-order valence-corrected chi connectivity index (χ2v) is 5.80. The van der Waals surface area contributed by atoms with E-state index in [1.54, 1.807) is 20.1 Å². The van der Waals surface area contributed by atoms with Crippen molar-refractivity contribution in [3.05, 3.63) is 58.9 Å². The van der Waals surface area contributed by atoms with Gasteiger partial charge in [0.25, 0.3) is 0 Å². The molecule has 0 saturated heterocycles. The first-order valence-electron chi connectivity index (χ1n) is 7.79. The fraction of sp³-hybridized carbons (Fsp3) is 0.368. The molecule has 0 atom stereocenters. The molecule has 0 radical (unpaired) electrons. The number of rotatable bonds is 7. The number of nitrogens with one attached hydrogen (secondary N) is 1. The number of ether oxygens (including phenoxy) is 2. The van der Waals surface area contributed by atoms with Crippen LogP contribution in [0.1, 0.15) is 30.5 Å². The minimum absolute atomic E-state index is 0.0739. The van der Waals surface area contributed by atoms with Gasteiger partial charge in [0.1, 0.15) is 5.82 Å². The van der Waals surface area contributed by atoms with E-state index in [2.05, 4.69) is 5.32 Å². The molecule has 0 aromatic heterocycles. The Morgan fingerprint density at radius 1 is 1.13 bits per heavy atom. The maximum Gasteiger partial charge on any atom is 0.166 e. The SMILES string of the molecule is COc1cccc(CNCc2ccc(F)c(C)c2)c1OC(C)C. The van der Waals surface area contributed by atoms with Crippen LogP contribution < -0.4 is 14.8 Å². The zero-order valence-electron chi connectivity index (χ0n) is 14.2. The van der Waals surface area contributed by atoms with Crippen molar-refractivity contribution in [2.45, 2.75) is 40.0 Å². The van der Waals surface area contributed by atoms with E-state index in [-0.39, 0.29) is 11.9 Å². The van der Waals surface area contributed by atoms with E-state index in [4.69, 9.17) is 9.47 Å². The van der Waals surface area contributed by atoms with Gasteiger partial charge >= 0.3 is 0 Å². The molecule has 0 unspecified atom stereocenters. The molecule has 0 fully saturated rings. The van der Waals surface area contributed by atoms with Crippen LogP contribution in [0.15, 0.2) is 36.4 Å². The highest BCUT2D eigenvalue weighted by Gasteiger charge is 2.12. The van der Waals surface area contributed by atoms with Crippen LogP contribution in [0.4, 0.5) is 4.39 Å². The number of para-hydroxylation sites is 1. The highest BCUT2D eigenvalue weighted by Crippen LogP contribution is 2.32. The van der Waals surface area contributed by atoms with Crippen LogP contribution >= 0.6 is 0 Å². The topological polar surface area (TPSA) is 30.5 Å². The summed E-state index contributed by atoms with van der Waals surface area (Å²) in [7, 11) is 1.64. The van der Waals surface area contributed by atoms with Crippen LogP contribution in [0.5, 0.6) is 11.5 Å². The lowest BCUT2D eigenvalue weighted by molar-refractivity contribution is 0.227. The number of hydrogen-bond acceptors (Lipinski definition) is 3. The number of hydrogen-bond donors (Lipinski definition) is 1. The molecule has 0 bridgehead atoms. The van der Waals surface area contributed by atoms with Gasteiger partial charge in [-0.1, -0.05) is 24.3 Å². The summed E-state index contributed by atoms with van der Waals surface area (Å²) in [4.78, 5) is 0. The van der Waals surface area contributed by atoms with Crippen molar-refractivity contribution in [3.63, 3.8) is 0 Å². The second-order valence-electron chi connectivity index (χ2n) is 5.80. The molecule has 124 valence electrons. The van der Waals surface area contributed by atoms with E-state index in [0.29, 0.717) is 18.7 Å². The third-order valence-electron chi connectivity index (χ3n) is 3.50. The van der Waals surface area contributed by atoms with E-state index in [1.807, 2.05) is 38.1 Å². The van der Waals surface area contributed by atoms with Gasteiger partial charge in [0.2, 0.25) is 0 Å². The summed E-state index contributed by atoms with van der Waals surface area (Å²) in [6, 6.07) is 11.0. The first kappa shape index (κ1) is 17.3. The van der Waals surface area contributed by atoms with Crippen LogP contribution in [0.25, 0.3) is 0 Å². The molecule has 2 aromatic carbocycles. The van der Waals surface area contributed by atoms with Crippen molar-refractivity contribution in [2.24, 2.45) is 0 Å². The lowest BCUT2D eigenvalue weighted by atomic mass is 10.1. The van der Waals surface area contributed by atoms with Crippen molar-refractivity contribution in [3.8, 4) is 11.5 Å². The Kier molecular flexibility index (Phi) is 5.99. The molecular weight excluding hydrogens is 293 g/mol.